The Morgan fingerprint density at radius 1 is 1.21 bits per heavy atom. The van der Waals surface area contributed by atoms with Gasteiger partial charge in [-0.25, -0.2) is 0 Å². The molecule has 0 saturated heterocycles. The maximum atomic E-state index is 12.4. The monoisotopic (exact) mass is 320 g/mol. The van der Waals surface area contributed by atoms with Crippen molar-refractivity contribution in [2.45, 2.75) is 20.8 Å². The van der Waals surface area contributed by atoms with Gasteiger partial charge in [-0.3, -0.25) is 4.79 Å². The Labute approximate surface area is 142 Å². The molecule has 4 heteroatoms. The number of rotatable bonds is 5. The minimum Gasteiger partial charge on any atom is -0.494 e. The smallest absolute Gasteiger partial charge is 0.266 e. The van der Waals surface area contributed by atoms with E-state index in [9.17, 15) is 10.1 Å². The molecule has 4 nitrogen and oxygen atoms in total. The van der Waals surface area contributed by atoms with Gasteiger partial charge < -0.3 is 10.1 Å². The van der Waals surface area contributed by atoms with Crippen LogP contribution in [0, 0.1) is 25.2 Å². The lowest BCUT2D eigenvalue weighted by molar-refractivity contribution is -0.112. The van der Waals surface area contributed by atoms with Crippen LogP contribution in [0.4, 0.5) is 5.69 Å². The quantitative estimate of drug-likeness (QED) is 0.662. The summed E-state index contributed by atoms with van der Waals surface area (Å²) < 4.78 is 5.38. The number of carbonyl (C=O) groups is 1. The van der Waals surface area contributed by atoms with E-state index in [-0.39, 0.29) is 5.57 Å². The topological polar surface area (TPSA) is 62.1 Å². The fraction of sp³-hybridized carbons (Fsp3) is 0.200. The standard InChI is InChI=1S/C20H20N2O2/c1-4-24-18-10-8-16(9-11-18)12-17(13-21)20(23)22-19-7-5-6-14(2)15(19)3/h5-12H,4H2,1-3H3,(H,22,23). The normalized spacial score (nSPS) is 10.8. The van der Waals surface area contributed by atoms with Crippen molar-refractivity contribution in [1.82, 2.24) is 0 Å². The molecule has 2 aromatic rings. The van der Waals surface area contributed by atoms with Gasteiger partial charge in [-0.15, -0.1) is 0 Å². The van der Waals surface area contributed by atoms with Gasteiger partial charge in [0, 0.05) is 5.69 Å². The highest BCUT2D eigenvalue weighted by Crippen LogP contribution is 2.19. The number of anilines is 1. The van der Waals surface area contributed by atoms with Gasteiger partial charge in [0.15, 0.2) is 0 Å². The predicted octanol–water partition coefficient (Wildman–Crippen LogP) is 4.25. The Balaban J connectivity index is 2.19. The first-order valence-electron chi connectivity index (χ1n) is 7.77. The van der Waals surface area contributed by atoms with Crippen molar-refractivity contribution < 1.29 is 9.53 Å². The van der Waals surface area contributed by atoms with Crippen LogP contribution in [0.1, 0.15) is 23.6 Å². The van der Waals surface area contributed by atoms with Crippen molar-refractivity contribution >= 4 is 17.7 Å². The second-order valence-corrected chi connectivity index (χ2v) is 5.37. The number of nitrogens with zero attached hydrogens (tertiary/aromatic N) is 1. The number of hydrogen-bond donors (Lipinski definition) is 1. The Morgan fingerprint density at radius 3 is 2.54 bits per heavy atom. The molecule has 0 fully saturated rings. The number of hydrogen-bond acceptors (Lipinski definition) is 3. The van der Waals surface area contributed by atoms with Gasteiger partial charge in [-0.2, -0.15) is 5.26 Å². The van der Waals surface area contributed by atoms with E-state index >= 15 is 0 Å². The summed E-state index contributed by atoms with van der Waals surface area (Å²) in [5.41, 5.74) is 3.62. The van der Waals surface area contributed by atoms with Crippen molar-refractivity contribution in [1.29, 1.82) is 5.26 Å². The highest BCUT2D eigenvalue weighted by atomic mass is 16.5. The zero-order valence-corrected chi connectivity index (χ0v) is 14.1. The zero-order chi connectivity index (χ0) is 17.5. The molecule has 0 aromatic heterocycles. The molecule has 0 spiro atoms. The van der Waals surface area contributed by atoms with Crippen LogP contribution in [-0.4, -0.2) is 12.5 Å². The summed E-state index contributed by atoms with van der Waals surface area (Å²) >= 11 is 0. The van der Waals surface area contributed by atoms with Crippen LogP contribution in [-0.2, 0) is 4.79 Å². The molecule has 0 saturated carbocycles. The Bertz CT molecular complexity index is 799. The van der Waals surface area contributed by atoms with Gasteiger partial charge in [-0.05, 0) is 61.7 Å². The Morgan fingerprint density at radius 2 is 1.92 bits per heavy atom. The van der Waals surface area contributed by atoms with Crippen LogP contribution >= 0.6 is 0 Å². The summed E-state index contributed by atoms with van der Waals surface area (Å²) in [6, 6.07) is 14.9. The van der Waals surface area contributed by atoms with Gasteiger partial charge in [0.2, 0.25) is 0 Å². The van der Waals surface area contributed by atoms with Gasteiger partial charge in [0.05, 0.1) is 6.61 Å². The molecule has 0 aliphatic rings. The van der Waals surface area contributed by atoms with E-state index in [0.717, 1.165) is 22.4 Å². The lowest BCUT2D eigenvalue weighted by atomic mass is 10.1. The molecule has 122 valence electrons. The van der Waals surface area contributed by atoms with E-state index in [4.69, 9.17) is 4.74 Å². The van der Waals surface area contributed by atoms with Crippen molar-refractivity contribution in [2.75, 3.05) is 11.9 Å². The fourth-order valence-corrected chi connectivity index (χ4v) is 2.22. The molecule has 2 aromatic carbocycles. The largest absolute Gasteiger partial charge is 0.494 e. The minimum absolute atomic E-state index is 0.0556. The Kier molecular flexibility index (Phi) is 5.75. The average Bonchev–Trinajstić information content (AvgIpc) is 2.58. The van der Waals surface area contributed by atoms with Crippen molar-refractivity contribution in [3.05, 3.63) is 64.7 Å². The molecule has 1 amide bonds. The molecule has 1 N–H and O–H groups in total. The minimum atomic E-state index is -0.417. The SMILES string of the molecule is CCOc1ccc(C=C(C#N)C(=O)Nc2cccc(C)c2C)cc1. The first-order valence-corrected chi connectivity index (χ1v) is 7.77. The third kappa shape index (κ3) is 4.23. The van der Waals surface area contributed by atoms with Crippen LogP contribution in [0.15, 0.2) is 48.0 Å². The molecule has 0 heterocycles. The van der Waals surface area contributed by atoms with Gasteiger partial charge >= 0.3 is 0 Å². The molecule has 0 aliphatic heterocycles. The first-order chi connectivity index (χ1) is 11.5. The second-order valence-electron chi connectivity index (χ2n) is 5.37. The van der Waals surface area contributed by atoms with E-state index in [1.807, 2.05) is 69.3 Å². The van der Waals surface area contributed by atoms with E-state index in [1.165, 1.54) is 0 Å². The number of amides is 1. The highest BCUT2D eigenvalue weighted by molar-refractivity contribution is 6.10. The number of aryl methyl sites for hydroxylation is 1. The summed E-state index contributed by atoms with van der Waals surface area (Å²) in [4.78, 5) is 12.4. The maximum Gasteiger partial charge on any atom is 0.266 e. The summed E-state index contributed by atoms with van der Waals surface area (Å²) in [6.45, 7) is 6.43. The van der Waals surface area contributed by atoms with Crippen LogP contribution < -0.4 is 10.1 Å². The fourth-order valence-electron chi connectivity index (χ4n) is 2.22. The Hall–Kier alpha value is -3.06. The molecule has 24 heavy (non-hydrogen) atoms. The number of carbonyl (C=O) groups excluding carboxylic acids is 1. The van der Waals surface area contributed by atoms with Gasteiger partial charge in [0.25, 0.3) is 5.91 Å². The predicted molar refractivity (Wildman–Crippen MR) is 95.7 cm³/mol. The zero-order valence-electron chi connectivity index (χ0n) is 14.1. The van der Waals surface area contributed by atoms with E-state index < -0.39 is 5.91 Å². The van der Waals surface area contributed by atoms with Gasteiger partial charge in [0.1, 0.15) is 17.4 Å². The van der Waals surface area contributed by atoms with Crippen LogP contribution in [0.3, 0.4) is 0 Å². The highest BCUT2D eigenvalue weighted by Gasteiger charge is 2.11. The molecule has 0 radical (unpaired) electrons. The molecular weight excluding hydrogens is 300 g/mol. The third-order valence-corrected chi connectivity index (χ3v) is 3.72. The molecule has 0 bridgehead atoms. The molecule has 0 aliphatic carbocycles. The van der Waals surface area contributed by atoms with E-state index in [1.54, 1.807) is 6.08 Å². The van der Waals surface area contributed by atoms with Crippen LogP contribution in [0.25, 0.3) is 6.08 Å². The number of nitriles is 1. The van der Waals surface area contributed by atoms with Crippen molar-refractivity contribution in [3.8, 4) is 11.8 Å². The maximum absolute atomic E-state index is 12.4. The number of ether oxygens (including phenoxy) is 1. The lowest BCUT2D eigenvalue weighted by Gasteiger charge is -2.10. The molecular formula is C20H20N2O2. The number of benzene rings is 2. The molecule has 0 atom stereocenters. The summed E-state index contributed by atoms with van der Waals surface area (Å²) in [5.74, 6) is 0.341. The van der Waals surface area contributed by atoms with Crippen LogP contribution in [0.5, 0.6) is 5.75 Å². The van der Waals surface area contributed by atoms with Crippen LogP contribution in [0.2, 0.25) is 0 Å². The van der Waals surface area contributed by atoms with E-state index in [0.29, 0.717) is 12.3 Å². The first kappa shape index (κ1) is 17.3. The van der Waals surface area contributed by atoms with Gasteiger partial charge in [-0.1, -0.05) is 24.3 Å². The molecule has 2 rings (SSSR count). The average molecular weight is 320 g/mol. The van der Waals surface area contributed by atoms with E-state index in [2.05, 4.69) is 5.32 Å². The second kappa shape index (κ2) is 7.98. The summed E-state index contributed by atoms with van der Waals surface area (Å²) in [6.07, 6.45) is 1.57. The lowest BCUT2D eigenvalue weighted by Crippen LogP contribution is -2.14. The molecule has 0 unspecified atom stereocenters. The number of nitrogens with one attached hydrogen (secondary N) is 1. The van der Waals surface area contributed by atoms with Crippen molar-refractivity contribution in [3.63, 3.8) is 0 Å². The van der Waals surface area contributed by atoms with Crippen molar-refractivity contribution in [2.24, 2.45) is 0 Å². The summed E-state index contributed by atoms with van der Waals surface area (Å²) in [5, 5.41) is 12.1. The summed E-state index contributed by atoms with van der Waals surface area (Å²) in [7, 11) is 0. The third-order valence-electron chi connectivity index (χ3n) is 3.72.